The molecule has 2 atom stereocenters. The summed E-state index contributed by atoms with van der Waals surface area (Å²) in [6.45, 7) is 10.9. The van der Waals surface area contributed by atoms with Gasteiger partial charge < -0.3 is 9.80 Å². The van der Waals surface area contributed by atoms with Gasteiger partial charge in [0.1, 0.15) is 0 Å². The molecule has 106 valence electrons. The summed E-state index contributed by atoms with van der Waals surface area (Å²) in [5.41, 5.74) is 0. The van der Waals surface area contributed by atoms with Gasteiger partial charge in [-0.3, -0.25) is 4.79 Å². The summed E-state index contributed by atoms with van der Waals surface area (Å²) in [7, 11) is 0. The number of likely N-dealkylation sites (tertiary alicyclic amines) is 1. The van der Waals surface area contributed by atoms with Gasteiger partial charge in [-0.25, -0.2) is 0 Å². The zero-order valence-electron chi connectivity index (χ0n) is 12.1. The van der Waals surface area contributed by atoms with E-state index >= 15 is 0 Å². The molecular weight excluding hydrogens is 244 g/mol. The molecule has 0 N–H and O–H groups in total. The fourth-order valence-electron chi connectivity index (χ4n) is 2.66. The van der Waals surface area contributed by atoms with E-state index in [1.54, 1.807) is 0 Å². The Balaban J connectivity index is 2.28. The van der Waals surface area contributed by atoms with Gasteiger partial charge in [-0.2, -0.15) is 12.6 Å². The van der Waals surface area contributed by atoms with E-state index in [0.717, 1.165) is 38.4 Å². The molecule has 1 fully saturated rings. The average molecular weight is 272 g/mol. The summed E-state index contributed by atoms with van der Waals surface area (Å²) in [6, 6.07) is 0.387. The van der Waals surface area contributed by atoms with Crippen LogP contribution in [0.4, 0.5) is 0 Å². The molecule has 1 heterocycles. The molecule has 18 heavy (non-hydrogen) atoms. The number of hydrogen-bond donors (Lipinski definition) is 1. The third-order valence-corrected chi connectivity index (χ3v) is 4.54. The molecule has 1 amide bonds. The first-order valence-corrected chi connectivity index (χ1v) is 7.88. The third kappa shape index (κ3) is 4.47. The predicted octanol–water partition coefficient (Wildman–Crippen LogP) is 2.28. The van der Waals surface area contributed by atoms with Crippen molar-refractivity contribution in [1.29, 1.82) is 0 Å². The van der Waals surface area contributed by atoms with E-state index in [0.29, 0.717) is 24.3 Å². The van der Waals surface area contributed by atoms with Gasteiger partial charge in [0.05, 0.1) is 0 Å². The highest BCUT2D eigenvalue weighted by Gasteiger charge is 2.31. The second kappa shape index (κ2) is 8.05. The first kappa shape index (κ1) is 15.8. The summed E-state index contributed by atoms with van der Waals surface area (Å²) in [5.74, 6) is 1.62. The van der Waals surface area contributed by atoms with Crippen molar-refractivity contribution in [2.75, 3.05) is 31.9 Å². The zero-order chi connectivity index (χ0) is 13.5. The van der Waals surface area contributed by atoms with Crippen LogP contribution in [0.1, 0.15) is 40.0 Å². The molecular formula is C14H28N2OS. The minimum Gasteiger partial charge on any atom is -0.340 e. The van der Waals surface area contributed by atoms with Gasteiger partial charge in [-0.05, 0) is 51.1 Å². The molecule has 0 radical (unpaired) electrons. The van der Waals surface area contributed by atoms with Crippen molar-refractivity contribution in [1.82, 2.24) is 9.80 Å². The van der Waals surface area contributed by atoms with Crippen LogP contribution in [0.3, 0.4) is 0 Å². The third-order valence-electron chi connectivity index (χ3n) is 4.02. The summed E-state index contributed by atoms with van der Waals surface area (Å²) in [6.07, 6.45) is 2.99. The Morgan fingerprint density at radius 3 is 2.61 bits per heavy atom. The van der Waals surface area contributed by atoms with Crippen LogP contribution >= 0.6 is 12.6 Å². The quantitative estimate of drug-likeness (QED) is 0.685. The lowest BCUT2D eigenvalue weighted by molar-refractivity contribution is -0.129. The summed E-state index contributed by atoms with van der Waals surface area (Å²) < 4.78 is 0. The second-order valence-corrected chi connectivity index (χ2v) is 5.68. The van der Waals surface area contributed by atoms with Gasteiger partial charge in [0.25, 0.3) is 0 Å². The van der Waals surface area contributed by atoms with Gasteiger partial charge in [0.15, 0.2) is 0 Å². The van der Waals surface area contributed by atoms with Crippen LogP contribution in [-0.2, 0) is 4.79 Å². The van der Waals surface area contributed by atoms with E-state index in [4.69, 9.17) is 0 Å². The monoisotopic (exact) mass is 272 g/mol. The van der Waals surface area contributed by atoms with Crippen LogP contribution in [0.25, 0.3) is 0 Å². The highest BCUT2D eigenvalue weighted by Crippen LogP contribution is 2.22. The number of rotatable bonds is 8. The Morgan fingerprint density at radius 1 is 1.44 bits per heavy atom. The molecule has 3 nitrogen and oxygen atoms in total. The minimum absolute atomic E-state index is 0.324. The maximum Gasteiger partial charge on any atom is 0.223 e. The summed E-state index contributed by atoms with van der Waals surface area (Å²) in [4.78, 5) is 16.4. The molecule has 1 rings (SSSR count). The maximum absolute atomic E-state index is 11.9. The Kier molecular flexibility index (Phi) is 7.08. The van der Waals surface area contributed by atoms with E-state index < -0.39 is 0 Å². The number of nitrogens with zero attached hydrogens (tertiary/aromatic N) is 2. The zero-order valence-corrected chi connectivity index (χ0v) is 13.0. The Hall–Kier alpha value is -0.220. The SMILES string of the molecule is CCN(CC)CCCC(C)N1CC(CS)CC1=O. The fourth-order valence-corrected chi connectivity index (χ4v) is 2.91. The average Bonchev–Trinajstić information content (AvgIpc) is 2.76. The molecule has 1 saturated heterocycles. The molecule has 0 saturated carbocycles. The van der Waals surface area contributed by atoms with Gasteiger partial charge >= 0.3 is 0 Å². The fraction of sp³-hybridized carbons (Fsp3) is 0.929. The number of carbonyl (C=O) groups is 1. The van der Waals surface area contributed by atoms with Crippen LogP contribution < -0.4 is 0 Å². The maximum atomic E-state index is 11.9. The molecule has 4 heteroatoms. The number of thiol groups is 1. The molecule has 2 unspecified atom stereocenters. The van der Waals surface area contributed by atoms with Gasteiger partial charge in [0, 0.05) is 19.0 Å². The van der Waals surface area contributed by atoms with Crippen LogP contribution in [0.5, 0.6) is 0 Å². The Morgan fingerprint density at radius 2 is 2.11 bits per heavy atom. The largest absolute Gasteiger partial charge is 0.340 e. The highest BCUT2D eigenvalue weighted by atomic mass is 32.1. The summed E-state index contributed by atoms with van der Waals surface area (Å²) in [5, 5.41) is 0. The van der Waals surface area contributed by atoms with Gasteiger partial charge in [0.2, 0.25) is 5.91 Å². The van der Waals surface area contributed by atoms with Crippen molar-refractivity contribution in [2.24, 2.45) is 5.92 Å². The van der Waals surface area contributed by atoms with Crippen molar-refractivity contribution in [3.05, 3.63) is 0 Å². The van der Waals surface area contributed by atoms with Crippen LogP contribution in [0.15, 0.2) is 0 Å². The van der Waals surface area contributed by atoms with Gasteiger partial charge in [-0.1, -0.05) is 13.8 Å². The standard InChI is InChI=1S/C14H28N2OS/c1-4-15(5-2)8-6-7-12(3)16-10-13(11-18)9-14(16)17/h12-13,18H,4-11H2,1-3H3. The molecule has 0 aromatic carbocycles. The van der Waals surface area contributed by atoms with E-state index in [2.05, 4.69) is 43.2 Å². The summed E-state index contributed by atoms with van der Waals surface area (Å²) >= 11 is 4.30. The van der Waals surface area contributed by atoms with Crippen molar-refractivity contribution < 1.29 is 4.79 Å². The molecule has 0 aromatic heterocycles. The molecule has 1 aliphatic heterocycles. The van der Waals surface area contributed by atoms with Crippen LogP contribution in [-0.4, -0.2) is 53.7 Å². The Labute approximate surface area is 117 Å². The van der Waals surface area contributed by atoms with Crippen LogP contribution in [0.2, 0.25) is 0 Å². The van der Waals surface area contributed by atoms with E-state index in [-0.39, 0.29) is 0 Å². The van der Waals surface area contributed by atoms with Gasteiger partial charge in [-0.15, -0.1) is 0 Å². The topological polar surface area (TPSA) is 23.6 Å². The van der Waals surface area contributed by atoms with Crippen molar-refractivity contribution in [3.63, 3.8) is 0 Å². The number of carbonyl (C=O) groups excluding carboxylic acids is 1. The molecule has 0 spiro atoms. The van der Waals surface area contributed by atoms with Crippen molar-refractivity contribution >= 4 is 18.5 Å². The molecule has 0 bridgehead atoms. The lowest BCUT2D eigenvalue weighted by atomic mass is 10.1. The minimum atomic E-state index is 0.324. The smallest absolute Gasteiger partial charge is 0.223 e. The number of amides is 1. The second-order valence-electron chi connectivity index (χ2n) is 5.32. The van der Waals surface area contributed by atoms with E-state index in [1.165, 1.54) is 6.42 Å². The predicted molar refractivity (Wildman–Crippen MR) is 80.2 cm³/mol. The van der Waals surface area contributed by atoms with E-state index in [9.17, 15) is 4.79 Å². The first-order chi connectivity index (χ1) is 8.62. The molecule has 0 aliphatic carbocycles. The lowest BCUT2D eigenvalue weighted by Crippen LogP contribution is -2.35. The van der Waals surface area contributed by atoms with Crippen LogP contribution in [0, 0.1) is 5.92 Å². The lowest BCUT2D eigenvalue weighted by Gasteiger charge is -2.26. The van der Waals surface area contributed by atoms with Crippen molar-refractivity contribution in [2.45, 2.75) is 46.1 Å². The first-order valence-electron chi connectivity index (χ1n) is 7.25. The Bertz CT molecular complexity index is 256. The number of hydrogen-bond acceptors (Lipinski definition) is 3. The molecule has 0 aromatic rings. The molecule has 1 aliphatic rings. The van der Waals surface area contributed by atoms with Crippen molar-refractivity contribution in [3.8, 4) is 0 Å². The highest BCUT2D eigenvalue weighted by molar-refractivity contribution is 7.80. The normalized spacial score (nSPS) is 21.9. The van der Waals surface area contributed by atoms with E-state index in [1.807, 2.05) is 0 Å².